The molecule has 4 rings (SSSR count). The van der Waals surface area contributed by atoms with Gasteiger partial charge in [0, 0.05) is 6.54 Å². The fraction of sp³-hybridized carbons (Fsp3) is 0.368. The van der Waals surface area contributed by atoms with E-state index in [4.69, 9.17) is 5.73 Å². The van der Waals surface area contributed by atoms with Crippen molar-refractivity contribution in [3.05, 3.63) is 35.7 Å². The van der Waals surface area contributed by atoms with E-state index in [0.29, 0.717) is 24.5 Å². The molecule has 4 aromatic rings. The molecule has 0 saturated heterocycles. The number of amides is 1. The number of rotatable bonds is 9. The second-order valence-corrected chi connectivity index (χ2v) is 7.25. The van der Waals surface area contributed by atoms with Gasteiger partial charge in [0.25, 0.3) is 5.91 Å². The molecule has 0 unspecified atom stereocenters. The van der Waals surface area contributed by atoms with Crippen LogP contribution in [0.15, 0.2) is 34.0 Å². The number of nitrogens with two attached hydrogens (primary N) is 1. The standard InChI is InChI=1S/C19H24N12O2/c1-4-29(5-2)11-15-16(23-28-31(15)18-17(20)25-33-26-18)19(32)24-21-12(3)10-30-14-9-7-6-8-13(14)22-27-30/h6-9H,4-5,10-11H2,1-3H3,(H2,20,25)(H,24,32)/b21-12+. The minimum absolute atomic E-state index is 0.0431. The van der Waals surface area contributed by atoms with Crippen LogP contribution in [0.3, 0.4) is 0 Å². The Morgan fingerprint density at radius 1 is 1.18 bits per heavy atom. The van der Waals surface area contributed by atoms with Crippen LogP contribution < -0.4 is 11.2 Å². The van der Waals surface area contributed by atoms with E-state index in [1.54, 1.807) is 11.6 Å². The van der Waals surface area contributed by atoms with E-state index in [1.807, 2.05) is 38.1 Å². The number of para-hydroxylation sites is 1. The first-order chi connectivity index (χ1) is 16.0. The van der Waals surface area contributed by atoms with Crippen molar-refractivity contribution in [2.24, 2.45) is 5.10 Å². The van der Waals surface area contributed by atoms with Gasteiger partial charge in [0.05, 0.1) is 23.5 Å². The molecule has 14 heteroatoms. The number of nitrogens with zero attached hydrogens (tertiary/aromatic N) is 10. The maximum atomic E-state index is 12.9. The summed E-state index contributed by atoms with van der Waals surface area (Å²) >= 11 is 0. The number of benzene rings is 1. The maximum Gasteiger partial charge on any atom is 0.293 e. The molecule has 0 fully saturated rings. The van der Waals surface area contributed by atoms with E-state index in [9.17, 15) is 4.79 Å². The van der Waals surface area contributed by atoms with Crippen LogP contribution in [0.25, 0.3) is 16.9 Å². The first-order valence-electron chi connectivity index (χ1n) is 10.4. The average Bonchev–Trinajstić information content (AvgIpc) is 3.54. The molecule has 3 heterocycles. The molecule has 3 aromatic heterocycles. The SMILES string of the molecule is CCN(CC)Cc1c(C(=O)N/N=C(\C)Cn2nnc3ccccc32)nnn1-c1nonc1N. The molecule has 0 aliphatic heterocycles. The largest absolute Gasteiger partial charge is 0.378 e. The van der Waals surface area contributed by atoms with E-state index in [0.717, 1.165) is 24.1 Å². The Bertz CT molecular complexity index is 1280. The Balaban J connectivity index is 1.55. The molecule has 3 N–H and O–H groups in total. The van der Waals surface area contributed by atoms with Crippen LogP contribution in [0.5, 0.6) is 0 Å². The third-order valence-electron chi connectivity index (χ3n) is 5.09. The third kappa shape index (κ3) is 4.55. The first kappa shape index (κ1) is 22.0. The van der Waals surface area contributed by atoms with Gasteiger partial charge in [0.15, 0.2) is 5.69 Å². The molecule has 1 amide bonds. The fourth-order valence-corrected chi connectivity index (χ4v) is 3.27. The van der Waals surface area contributed by atoms with E-state index in [2.05, 4.69) is 51.0 Å². The molecule has 0 saturated carbocycles. The molecule has 0 spiro atoms. The highest BCUT2D eigenvalue weighted by molar-refractivity contribution is 5.94. The number of hydrazone groups is 1. The van der Waals surface area contributed by atoms with Crippen LogP contribution in [0, 0.1) is 0 Å². The highest BCUT2D eigenvalue weighted by Crippen LogP contribution is 2.17. The normalized spacial score (nSPS) is 12.1. The number of nitrogen functional groups attached to an aromatic ring is 1. The molecule has 33 heavy (non-hydrogen) atoms. The van der Waals surface area contributed by atoms with Crippen molar-refractivity contribution in [2.45, 2.75) is 33.9 Å². The Morgan fingerprint density at radius 3 is 2.70 bits per heavy atom. The Hall–Kier alpha value is -4.20. The minimum atomic E-state index is -0.513. The number of hydrogen-bond donors (Lipinski definition) is 2. The van der Waals surface area contributed by atoms with Crippen LogP contribution in [0.1, 0.15) is 37.0 Å². The lowest BCUT2D eigenvalue weighted by atomic mass is 10.2. The lowest BCUT2D eigenvalue weighted by Crippen LogP contribution is -2.27. The van der Waals surface area contributed by atoms with Crippen LogP contribution in [0.2, 0.25) is 0 Å². The molecule has 1 aromatic carbocycles. The van der Waals surface area contributed by atoms with E-state index < -0.39 is 5.91 Å². The van der Waals surface area contributed by atoms with Crippen molar-refractivity contribution in [3.8, 4) is 5.82 Å². The summed E-state index contributed by atoms with van der Waals surface area (Å²) in [5.74, 6) is -0.302. The maximum absolute atomic E-state index is 12.9. The van der Waals surface area contributed by atoms with Crippen LogP contribution in [0.4, 0.5) is 5.82 Å². The number of fused-ring (bicyclic) bond motifs is 1. The van der Waals surface area contributed by atoms with Gasteiger partial charge in [-0.1, -0.05) is 36.4 Å². The first-order valence-corrected chi connectivity index (χ1v) is 10.4. The van der Waals surface area contributed by atoms with Gasteiger partial charge < -0.3 is 5.73 Å². The summed E-state index contributed by atoms with van der Waals surface area (Å²) in [5.41, 5.74) is 11.3. The molecule has 0 radical (unpaired) electrons. The van der Waals surface area contributed by atoms with Crippen molar-refractivity contribution in [1.82, 2.24) is 50.6 Å². The summed E-state index contributed by atoms with van der Waals surface area (Å²) in [5, 5.41) is 27.9. The van der Waals surface area contributed by atoms with Crippen molar-refractivity contribution in [1.29, 1.82) is 0 Å². The average molecular weight is 452 g/mol. The summed E-state index contributed by atoms with van der Waals surface area (Å²) in [6, 6.07) is 7.61. The van der Waals surface area contributed by atoms with Crippen molar-refractivity contribution < 1.29 is 9.42 Å². The zero-order valence-corrected chi connectivity index (χ0v) is 18.5. The topological polar surface area (TPSA) is 171 Å². The van der Waals surface area contributed by atoms with Crippen molar-refractivity contribution in [2.75, 3.05) is 18.8 Å². The van der Waals surface area contributed by atoms with Crippen LogP contribution in [-0.2, 0) is 13.1 Å². The molecule has 172 valence electrons. The molecule has 0 aliphatic rings. The summed E-state index contributed by atoms with van der Waals surface area (Å²) in [6.45, 7) is 8.10. The predicted molar refractivity (Wildman–Crippen MR) is 118 cm³/mol. The Labute approximate surface area is 188 Å². The number of nitrogens with one attached hydrogen (secondary N) is 1. The minimum Gasteiger partial charge on any atom is -0.378 e. The molecule has 0 aliphatic carbocycles. The Morgan fingerprint density at radius 2 is 1.97 bits per heavy atom. The second kappa shape index (κ2) is 9.52. The monoisotopic (exact) mass is 452 g/mol. The zero-order valence-electron chi connectivity index (χ0n) is 18.5. The lowest BCUT2D eigenvalue weighted by Gasteiger charge is -2.18. The number of aromatic nitrogens is 8. The van der Waals surface area contributed by atoms with E-state index in [-0.39, 0.29) is 17.3 Å². The summed E-state index contributed by atoms with van der Waals surface area (Å²) in [4.78, 5) is 15.0. The Kier molecular flexibility index (Phi) is 6.35. The summed E-state index contributed by atoms with van der Waals surface area (Å²) in [7, 11) is 0. The molecular formula is C19H24N12O2. The highest BCUT2D eigenvalue weighted by atomic mass is 16.6. The third-order valence-corrected chi connectivity index (χ3v) is 5.09. The van der Waals surface area contributed by atoms with Crippen LogP contribution >= 0.6 is 0 Å². The molecule has 0 atom stereocenters. The lowest BCUT2D eigenvalue weighted by molar-refractivity contribution is 0.0947. The number of hydrogen-bond acceptors (Lipinski definition) is 11. The highest BCUT2D eigenvalue weighted by Gasteiger charge is 2.25. The van der Waals surface area contributed by atoms with Gasteiger partial charge in [0.1, 0.15) is 5.52 Å². The zero-order chi connectivity index (χ0) is 23.4. The quantitative estimate of drug-likeness (QED) is 0.271. The second-order valence-electron chi connectivity index (χ2n) is 7.25. The fourth-order valence-electron chi connectivity index (χ4n) is 3.27. The van der Waals surface area contributed by atoms with Gasteiger partial charge in [0.2, 0.25) is 11.6 Å². The van der Waals surface area contributed by atoms with Gasteiger partial charge in [-0.3, -0.25) is 9.69 Å². The van der Waals surface area contributed by atoms with Crippen LogP contribution in [-0.4, -0.2) is 69.9 Å². The van der Waals surface area contributed by atoms with Gasteiger partial charge >= 0.3 is 0 Å². The summed E-state index contributed by atoms with van der Waals surface area (Å²) < 4.78 is 7.75. The van der Waals surface area contributed by atoms with Gasteiger partial charge in [-0.2, -0.15) is 9.78 Å². The van der Waals surface area contributed by atoms with E-state index >= 15 is 0 Å². The summed E-state index contributed by atoms with van der Waals surface area (Å²) in [6.07, 6.45) is 0. The van der Waals surface area contributed by atoms with Gasteiger partial charge in [-0.25, -0.2) is 14.7 Å². The van der Waals surface area contributed by atoms with Crippen molar-refractivity contribution in [3.63, 3.8) is 0 Å². The van der Waals surface area contributed by atoms with Gasteiger partial charge in [-0.05, 0) is 42.5 Å². The smallest absolute Gasteiger partial charge is 0.293 e. The number of carbonyl (C=O) groups excluding carboxylic acids is 1. The van der Waals surface area contributed by atoms with Crippen molar-refractivity contribution >= 4 is 28.5 Å². The predicted octanol–water partition coefficient (Wildman–Crippen LogP) is 0.625. The molecule has 14 nitrogen and oxygen atoms in total. The number of anilines is 1. The number of carbonyl (C=O) groups is 1. The van der Waals surface area contributed by atoms with Gasteiger partial charge in [-0.15, -0.1) is 10.2 Å². The molecule has 0 bridgehead atoms. The molecular weight excluding hydrogens is 428 g/mol. The van der Waals surface area contributed by atoms with E-state index in [1.165, 1.54) is 4.68 Å².